The molecule has 1 aliphatic carbocycles. The van der Waals surface area contributed by atoms with Crippen LogP contribution in [0.5, 0.6) is 5.75 Å². The third-order valence-electron chi connectivity index (χ3n) is 4.80. The summed E-state index contributed by atoms with van der Waals surface area (Å²) in [6.45, 7) is 3.15. The predicted octanol–water partition coefficient (Wildman–Crippen LogP) is 4.48. The van der Waals surface area contributed by atoms with Crippen LogP contribution < -0.4 is 4.74 Å². The molecular formula is C17H24BrNO. The lowest BCUT2D eigenvalue weighted by molar-refractivity contribution is 0.158. The highest BCUT2D eigenvalue weighted by Gasteiger charge is 2.32. The van der Waals surface area contributed by atoms with Gasteiger partial charge >= 0.3 is 0 Å². The summed E-state index contributed by atoms with van der Waals surface area (Å²) < 4.78 is 6.97. The number of halogens is 1. The molecule has 0 N–H and O–H groups in total. The summed E-state index contributed by atoms with van der Waals surface area (Å²) in [5, 5.41) is 0. The van der Waals surface area contributed by atoms with Gasteiger partial charge in [-0.25, -0.2) is 0 Å². The van der Waals surface area contributed by atoms with Gasteiger partial charge in [0.1, 0.15) is 12.4 Å². The van der Waals surface area contributed by atoms with Crippen molar-refractivity contribution in [3.05, 3.63) is 28.7 Å². The van der Waals surface area contributed by atoms with Crippen molar-refractivity contribution in [1.82, 2.24) is 4.90 Å². The lowest BCUT2D eigenvalue weighted by Crippen LogP contribution is -2.37. The van der Waals surface area contributed by atoms with Gasteiger partial charge in [0, 0.05) is 17.1 Å². The molecule has 1 aliphatic heterocycles. The number of likely N-dealkylation sites (tertiary alicyclic amines) is 1. The first-order valence-corrected chi connectivity index (χ1v) is 8.74. The average Bonchev–Trinajstić information content (AvgIpc) is 3.09. The van der Waals surface area contributed by atoms with E-state index in [-0.39, 0.29) is 0 Å². The van der Waals surface area contributed by atoms with Crippen molar-refractivity contribution in [2.24, 2.45) is 5.92 Å². The Morgan fingerprint density at radius 3 is 2.80 bits per heavy atom. The normalized spacial score (nSPS) is 24.4. The number of nitrogens with zero attached hydrogens (tertiary/aromatic N) is 1. The van der Waals surface area contributed by atoms with E-state index in [4.69, 9.17) is 4.74 Å². The molecule has 1 saturated carbocycles. The fraction of sp³-hybridized carbons (Fsp3) is 0.647. The quantitative estimate of drug-likeness (QED) is 0.785. The molecule has 2 nitrogen and oxygen atoms in total. The Bertz CT molecular complexity index is 431. The minimum atomic E-state index is 0.805. The van der Waals surface area contributed by atoms with Crippen LogP contribution in [0.2, 0.25) is 0 Å². The van der Waals surface area contributed by atoms with E-state index < -0.39 is 0 Å². The Kier molecular flexibility index (Phi) is 5.00. The average molecular weight is 338 g/mol. The van der Waals surface area contributed by atoms with Gasteiger partial charge in [0.15, 0.2) is 0 Å². The molecule has 1 heterocycles. The molecule has 0 aromatic heterocycles. The van der Waals surface area contributed by atoms with E-state index in [0.717, 1.165) is 35.3 Å². The van der Waals surface area contributed by atoms with Gasteiger partial charge in [-0.2, -0.15) is 0 Å². The van der Waals surface area contributed by atoms with Gasteiger partial charge in [0.2, 0.25) is 0 Å². The number of benzene rings is 1. The highest BCUT2D eigenvalue weighted by Crippen LogP contribution is 2.35. The van der Waals surface area contributed by atoms with Crippen LogP contribution in [0.3, 0.4) is 0 Å². The van der Waals surface area contributed by atoms with Crippen LogP contribution >= 0.6 is 15.9 Å². The molecule has 1 saturated heterocycles. The molecule has 20 heavy (non-hydrogen) atoms. The van der Waals surface area contributed by atoms with E-state index in [1.165, 1.54) is 45.1 Å². The second-order valence-corrected chi connectivity index (χ2v) is 7.01. The zero-order valence-corrected chi connectivity index (χ0v) is 13.6. The SMILES string of the molecule is Brc1cccc(OCCN2CCCC2C2CCCC2)c1. The summed E-state index contributed by atoms with van der Waals surface area (Å²) in [6.07, 6.45) is 8.58. The maximum Gasteiger partial charge on any atom is 0.120 e. The number of hydrogen-bond donors (Lipinski definition) is 0. The standard InChI is InChI=1S/C17H24BrNO/c18-15-7-3-8-16(13-15)20-12-11-19-10-4-9-17(19)14-5-1-2-6-14/h3,7-8,13-14,17H,1-2,4-6,9-12H2. The Morgan fingerprint density at radius 2 is 2.00 bits per heavy atom. The molecule has 3 rings (SSSR count). The van der Waals surface area contributed by atoms with Gasteiger partial charge in [-0.05, 0) is 56.3 Å². The molecule has 0 amide bonds. The molecule has 1 unspecified atom stereocenters. The van der Waals surface area contributed by atoms with Gasteiger partial charge in [0.05, 0.1) is 0 Å². The van der Waals surface area contributed by atoms with Crippen molar-refractivity contribution < 1.29 is 4.74 Å². The third-order valence-corrected chi connectivity index (χ3v) is 5.29. The molecule has 0 radical (unpaired) electrons. The second-order valence-electron chi connectivity index (χ2n) is 6.10. The Hall–Kier alpha value is -0.540. The molecule has 1 atom stereocenters. The van der Waals surface area contributed by atoms with Gasteiger partial charge < -0.3 is 4.74 Å². The fourth-order valence-electron chi connectivity index (χ4n) is 3.84. The Morgan fingerprint density at radius 1 is 1.15 bits per heavy atom. The minimum absolute atomic E-state index is 0.805. The molecule has 2 fully saturated rings. The highest BCUT2D eigenvalue weighted by molar-refractivity contribution is 9.10. The summed E-state index contributed by atoms with van der Waals surface area (Å²) in [6, 6.07) is 8.96. The van der Waals surface area contributed by atoms with Gasteiger partial charge in [-0.15, -0.1) is 0 Å². The van der Waals surface area contributed by atoms with Crippen molar-refractivity contribution in [2.45, 2.75) is 44.6 Å². The van der Waals surface area contributed by atoms with Crippen LogP contribution in [0.25, 0.3) is 0 Å². The molecule has 3 heteroatoms. The van der Waals surface area contributed by atoms with Crippen LogP contribution in [0, 0.1) is 5.92 Å². The van der Waals surface area contributed by atoms with Crippen LogP contribution in [0.4, 0.5) is 0 Å². The van der Waals surface area contributed by atoms with E-state index in [2.05, 4.69) is 20.8 Å². The fourth-order valence-corrected chi connectivity index (χ4v) is 4.22. The van der Waals surface area contributed by atoms with E-state index in [9.17, 15) is 0 Å². The largest absolute Gasteiger partial charge is 0.492 e. The summed E-state index contributed by atoms with van der Waals surface area (Å²) in [4.78, 5) is 2.67. The number of rotatable bonds is 5. The van der Waals surface area contributed by atoms with E-state index >= 15 is 0 Å². The zero-order chi connectivity index (χ0) is 13.8. The van der Waals surface area contributed by atoms with E-state index in [0.29, 0.717) is 0 Å². The van der Waals surface area contributed by atoms with Crippen LogP contribution in [-0.4, -0.2) is 30.6 Å². The predicted molar refractivity (Wildman–Crippen MR) is 86.2 cm³/mol. The zero-order valence-electron chi connectivity index (χ0n) is 12.1. The smallest absolute Gasteiger partial charge is 0.120 e. The highest BCUT2D eigenvalue weighted by atomic mass is 79.9. The van der Waals surface area contributed by atoms with Crippen LogP contribution in [0.1, 0.15) is 38.5 Å². The van der Waals surface area contributed by atoms with Crippen LogP contribution in [0.15, 0.2) is 28.7 Å². The van der Waals surface area contributed by atoms with Gasteiger partial charge in [-0.3, -0.25) is 4.90 Å². The van der Waals surface area contributed by atoms with Crippen molar-refractivity contribution in [3.63, 3.8) is 0 Å². The van der Waals surface area contributed by atoms with Gasteiger partial charge in [-0.1, -0.05) is 34.8 Å². The molecule has 2 aliphatic rings. The number of ether oxygens (including phenoxy) is 1. The maximum atomic E-state index is 5.89. The lowest BCUT2D eigenvalue weighted by atomic mass is 9.96. The summed E-state index contributed by atoms with van der Waals surface area (Å²) in [5.74, 6) is 1.93. The van der Waals surface area contributed by atoms with E-state index in [1.807, 2.05) is 24.3 Å². The van der Waals surface area contributed by atoms with Crippen molar-refractivity contribution >= 4 is 15.9 Å². The lowest BCUT2D eigenvalue weighted by Gasteiger charge is -2.29. The summed E-state index contributed by atoms with van der Waals surface area (Å²) in [7, 11) is 0. The minimum Gasteiger partial charge on any atom is -0.492 e. The van der Waals surface area contributed by atoms with Crippen molar-refractivity contribution in [1.29, 1.82) is 0 Å². The van der Waals surface area contributed by atoms with Crippen molar-refractivity contribution in [2.75, 3.05) is 19.7 Å². The Balaban J connectivity index is 1.47. The van der Waals surface area contributed by atoms with E-state index in [1.54, 1.807) is 0 Å². The molecule has 0 spiro atoms. The first-order chi connectivity index (χ1) is 9.83. The van der Waals surface area contributed by atoms with Crippen molar-refractivity contribution in [3.8, 4) is 5.75 Å². The first-order valence-electron chi connectivity index (χ1n) is 7.95. The van der Waals surface area contributed by atoms with Gasteiger partial charge in [0.25, 0.3) is 0 Å². The summed E-state index contributed by atoms with van der Waals surface area (Å²) in [5.41, 5.74) is 0. The molecule has 110 valence electrons. The third kappa shape index (κ3) is 3.56. The van der Waals surface area contributed by atoms with Crippen LogP contribution in [-0.2, 0) is 0 Å². The maximum absolute atomic E-state index is 5.89. The first kappa shape index (κ1) is 14.4. The molecule has 1 aromatic rings. The Labute approximate surface area is 130 Å². The second kappa shape index (κ2) is 6.95. The molecule has 1 aromatic carbocycles. The molecule has 0 bridgehead atoms. The molecular weight excluding hydrogens is 314 g/mol. The number of hydrogen-bond acceptors (Lipinski definition) is 2. The monoisotopic (exact) mass is 337 g/mol. The topological polar surface area (TPSA) is 12.5 Å². The summed E-state index contributed by atoms with van der Waals surface area (Å²) >= 11 is 3.48.